The van der Waals surface area contributed by atoms with Gasteiger partial charge in [-0.2, -0.15) is 0 Å². The second kappa shape index (κ2) is 8.78. The molecule has 2 aromatic rings. The van der Waals surface area contributed by atoms with Crippen LogP contribution in [0.15, 0.2) is 24.3 Å². The van der Waals surface area contributed by atoms with Crippen LogP contribution in [0.25, 0.3) is 0 Å². The maximum Gasteiger partial charge on any atom is 0.260 e. The number of hydrogen-bond donors (Lipinski definition) is 0. The van der Waals surface area contributed by atoms with Crippen LogP contribution in [0.1, 0.15) is 30.9 Å². The quantitative estimate of drug-likeness (QED) is 0.742. The first-order valence-electron chi connectivity index (χ1n) is 10.3. The molecule has 1 amide bonds. The third-order valence-electron chi connectivity index (χ3n) is 5.40. The highest BCUT2D eigenvalue weighted by atomic mass is 35.5. The Bertz CT molecular complexity index is 911. The Balaban J connectivity index is 1.49. The fraction of sp³-hybridized carbons (Fsp3) is 0.500. The molecule has 0 bridgehead atoms. The number of aryl methyl sites for hydroxylation is 1. The highest BCUT2D eigenvalue weighted by molar-refractivity contribution is 6.30. The van der Waals surface area contributed by atoms with Crippen molar-refractivity contribution in [3.8, 4) is 5.75 Å². The van der Waals surface area contributed by atoms with E-state index in [4.69, 9.17) is 26.1 Å². The minimum absolute atomic E-state index is 0.00929. The van der Waals surface area contributed by atoms with E-state index in [-0.39, 0.29) is 24.7 Å². The van der Waals surface area contributed by atoms with Crippen molar-refractivity contribution in [3.63, 3.8) is 0 Å². The SMILES string of the molecule is Cc1nc2c(c(N3CC(C)OC(C)C3)n1)CN(C(=O)COc1ccc(Cl)cc1)CC2. The normalized spacial score (nSPS) is 21.3. The maximum atomic E-state index is 12.8. The highest BCUT2D eigenvalue weighted by Crippen LogP contribution is 2.29. The molecule has 1 saturated heterocycles. The summed E-state index contributed by atoms with van der Waals surface area (Å²) in [5.41, 5.74) is 2.07. The summed E-state index contributed by atoms with van der Waals surface area (Å²) in [7, 11) is 0. The van der Waals surface area contributed by atoms with Gasteiger partial charge in [0.15, 0.2) is 6.61 Å². The number of morpholine rings is 1. The van der Waals surface area contributed by atoms with Gasteiger partial charge in [0.25, 0.3) is 5.91 Å². The number of nitrogens with zero attached hydrogens (tertiary/aromatic N) is 4. The van der Waals surface area contributed by atoms with Gasteiger partial charge in [0.1, 0.15) is 17.4 Å². The van der Waals surface area contributed by atoms with E-state index in [1.54, 1.807) is 24.3 Å². The number of carbonyl (C=O) groups excluding carboxylic acids is 1. The Morgan fingerprint density at radius 2 is 1.90 bits per heavy atom. The number of halogens is 1. The standard InChI is InChI=1S/C22H27ClN4O3/c1-14-10-27(11-15(2)30-14)22-19-12-26(9-8-20(19)24-16(3)25-22)21(28)13-29-18-6-4-17(23)5-7-18/h4-7,14-15H,8-13H2,1-3H3. The first kappa shape index (κ1) is 20.9. The summed E-state index contributed by atoms with van der Waals surface area (Å²) >= 11 is 5.90. The van der Waals surface area contributed by atoms with Crippen LogP contribution in [-0.2, 0) is 22.5 Å². The molecule has 3 heterocycles. The molecule has 0 saturated carbocycles. The molecule has 7 nitrogen and oxygen atoms in total. The van der Waals surface area contributed by atoms with Crippen LogP contribution < -0.4 is 9.64 Å². The first-order chi connectivity index (χ1) is 14.4. The molecular weight excluding hydrogens is 404 g/mol. The zero-order chi connectivity index (χ0) is 21.3. The van der Waals surface area contributed by atoms with Crippen molar-refractivity contribution in [2.75, 3.05) is 31.1 Å². The Morgan fingerprint density at radius 1 is 1.20 bits per heavy atom. The molecule has 2 aliphatic heterocycles. The van der Waals surface area contributed by atoms with Crippen molar-refractivity contribution in [1.29, 1.82) is 0 Å². The second-order valence-electron chi connectivity index (χ2n) is 7.99. The Hall–Kier alpha value is -2.38. The topological polar surface area (TPSA) is 67.8 Å². The van der Waals surface area contributed by atoms with Gasteiger partial charge in [-0.1, -0.05) is 11.6 Å². The number of carbonyl (C=O) groups is 1. The van der Waals surface area contributed by atoms with Gasteiger partial charge >= 0.3 is 0 Å². The van der Waals surface area contributed by atoms with Gasteiger partial charge in [-0.05, 0) is 45.0 Å². The number of fused-ring (bicyclic) bond motifs is 1. The van der Waals surface area contributed by atoms with E-state index in [0.29, 0.717) is 30.3 Å². The highest BCUT2D eigenvalue weighted by Gasteiger charge is 2.30. The summed E-state index contributed by atoms with van der Waals surface area (Å²) in [5.74, 6) is 2.27. The maximum absolute atomic E-state index is 12.8. The summed E-state index contributed by atoms with van der Waals surface area (Å²) in [6, 6.07) is 7.01. The number of hydrogen-bond acceptors (Lipinski definition) is 6. The van der Waals surface area contributed by atoms with Crippen molar-refractivity contribution in [1.82, 2.24) is 14.9 Å². The van der Waals surface area contributed by atoms with Crippen molar-refractivity contribution >= 4 is 23.3 Å². The lowest BCUT2D eigenvalue weighted by molar-refractivity contribution is -0.134. The molecule has 1 fully saturated rings. The van der Waals surface area contributed by atoms with E-state index in [0.717, 1.165) is 36.0 Å². The fourth-order valence-corrected chi connectivity index (χ4v) is 4.24. The average Bonchev–Trinajstić information content (AvgIpc) is 2.71. The lowest BCUT2D eigenvalue weighted by Gasteiger charge is -2.38. The molecule has 2 unspecified atom stereocenters. The number of benzene rings is 1. The molecule has 1 aromatic heterocycles. The van der Waals surface area contributed by atoms with Gasteiger partial charge < -0.3 is 19.3 Å². The van der Waals surface area contributed by atoms with E-state index >= 15 is 0 Å². The number of ether oxygens (including phenoxy) is 2. The molecule has 0 spiro atoms. The van der Waals surface area contributed by atoms with Crippen molar-refractivity contribution in [2.24, 2.45) is 0 Å². The van der Waals surface area contributed by atoms with E-state index in [1.807, 2.05) is 11.8 Å². The van der Waals surface area contributed by atoms with Crippen LogP contribution in [0.5, 0.6) is 5.75 Å². The molecule has 2 aliphatic rings. The minimum Gasteiger partial charge on any atom is -0.484 e. The smallest absolute Gasteiger partial charge is 0.260 e. The van der Waals surface area contributed by atoms with Gasteiger partial charge in [0.2, 0.25) is 0 Å². The lowest BCUT2D eigenvalue weighted by atomic mass is 10.0. The predicted octanol–water partition coefficient (Wildman–Crippen LogP) is 3.02. The van der Waals surface area contributed by atoms with Gasteiger partial charge in [-0.25, -0.2) is 9.97 Å². The molecule has 160 valence electrons. The fourth-order valence-electron chi connectivity index (χ4n) is 4.11. The Morgan fingerprint density at radius 3 is 2.60 bits per heavy atom. The monoisotopic (exact) mass is 430 g/mol. The summed E-state index contributed by atoms with van der Waals surface area (Å²) in [5, 5.41) is 0.635. The Labute approximate surface area is 182 Å². The van der Waals surface area contributed by atoms with Gasteiger partial charge in [-0.3, -0.25) is 4.79 Å². The summed E-state index contributed by atoms with van der Waals surface area (Å²) < 4.78 is 11.5. The van der Waals surface area contributed by atoms with Gasteiger partial charge in [-0.15, -0.1) is 0 Å². The van der Waals surface area contributed by atoms with Crippen LogP contribution in [0.2, 0.25) is 5.02 Å². The van der Waals surface area contributed by atoms with Crippen LogP contribution in [-0.4, -0.2) is 59.2 Å². The average molecular weight is 431 g/mol. The van der Waals surface area contributed by atoms with E-state index in [2.05, 4.69) is 23.7 Å². The second-order valence-corrected chi connectivity index (χ2v) is 8.43. The number of anilines is 1. The predicted molar refractivity (Wildman–Crippen MR) is 115 cm³/mol. The van der Waals surface area contributed by atoms with E-state index in [9.17, 15) is 4.79 Å². The minimum atomic E-state index is -0.0501. The summed E-state index contributed by atoms with van der Waals surface area (Å²) in [4.78, 5) is 26.3. The number of aromatic nitrogens is 2. The molecule has 8 heteroatoms. The Kier molecular flexibility index (Phi) is 6.11. The van der Waals surface area contributed by atoms with Crippen LogP contribution >= 0.6 is 11.6 Å². The largest absolute Gasteiger partial charge is 0.484 e. The molecule has 30 heavy (non-hydrogen) atoms. The lowest BCUT2D eigenvalue weighted by Crippen LogP contribution is -2.47. The molecule has 4 rings (SSSR count). The molecule has 1 aromatic carbocycles. The summed E-state index contributed by atoms with van der Waals surface area (Å²) in [6.07, 6.45) is 0.982. The number of rotatable bonds is 4. The van der Waals surface area contributed by atoms with Crippen molar-refractivity contribution in [2.45, 2.75) is 45.9 Å². The third-order valence-corrected chi connectivity index (χ3v) is 5.65. The zero-order valence-corrected chi connectivity index (χ0v) is 18.4. The molecule has 2 atom stereocenters. The van der Waals surface area contributed by atoms with Crippen LogP contribution in [0, 0.1) is 6.92 Å². The molecule has 0 N–H and O–H groups in total. The van der Waals surface area contributed by atoms with Crippen LogP contribution in [0.4, 0.5) is 5.82 Å². The van der Waals surface area contributed by atoms with Gasteiger partial charge in [0.05, 0.1) is 24.4 Å². The molecule has 0 aliphatic carbocycles. The van der Waals surface area contributed by atoms with Crippen LogP contribution in [0.3, 0.4) is 0 Å². The van der Waals surface area contributed by atoms with E-state index < -0.39 is 0 Å². The molecular formula is C22H27ClN4O3. The van der Waals surface area contributed by atoms with Crippen molar-refractivity contribution in [3.05, 3.63) is 46.4 Å². The number of amides is 1. The third kappa shape index (κ3) is 4.68. The zero-order valence-electron chi connectivity index (χ0n) is 17.6. The van der Waals surface area contributed by atoms with Gasteiger partial charge in [0, 0.05) is 36.6 Å². The first-order valence-corrected chi connectivity index (χ1v) is 10.7. The van der Waals surface area contributed by atoms with Crippen molar-refractivity contribution < 1.29 is 14.3 Å². The summed E-state index contributed by atoms with van der Waals surface area (Å²) in [6.45, 7) is 8.75. The molecule has 0 radical (unpaired) electrons. The van der Waals surface area contributed by atoms with E-state index in [1.165, 1.54) is 0 Å².